The molecule has 29 heavy (non-hydrogen) atoms. The number of alkyl halides is 1. The molecule has 0 N–H and O–H groups in total. The zero-order valence-corrected chi connectivity index (χ0v) is 17.9. The minimum atomic E-state index is -0.659. The molecule has 0 spiro atoms. The van der Waals surface area contributed by atoms with Crippen LogP contribution >= 0.6 is 15.9 Å². The number of ether oxygens (including phenoxy) is 2. The largest absolute Gasteiger partial charge is 0.462 e. The molecule has 1 aromatic heterocycles. The van der Waals surface area contributed by atoms with Crippen molar-refractivity contribution in [2.24, 2.45) is 0 Å². The molecule has 0 unspecified atom stereocenters. The van der Waals surface area contributed by atoms with Gasteiger partial charge in [0, 0.05) is 23.0 Å². The highest BCUT2D eigenvalue weighted by atomic mass is 79.9. The second-order valence-corrected chi connectivity index (χ2v) is 6.91. The van der Waals surface area contributed by atoms with Crippen molar-refractivity contribution in [1.82, 2.24) is 4.98 Å². The van der Waals surface area contributed by atoms with E-state index in [0.717, 1.165) is 0 Å². The maximum Gasteiger partial charge on any atom is 0.340 e. The summed E-state index contributed by atoms with van der Waals surface area (Å²) < 4.78 is 10.5. The lowest BCUT2D eigenvalue weighted by molar-refractivity contribution is -0.384. The van der Waals surface area contributed by atoms with Gasteiger partial charge in [-0.05, 0) is 32.8 Å². The number of rotatable bonds is 8. The summed E-state index contributed by atoms with van der Waals surface area (Å²) in [4.78, 5) is 40.5. The number of aryl methyl sites for hydroxylation is 2. The van der Waals surface area contributed by atoms with Crippen LogP contribution in [0.1, 0.15) is 45.4 Å². The Morgan fingerprint density at radius 2 is 1.76 bits per heavy atom. The molecule has 0 saturated carbocycles. The summed E-state index contributed by atoms with van der Waals surface area (Å²) in [5, 5.41) is 11.9. The van der Waals surface area contributed by atoms with Crippen molar-refractivity contribution in [1.29, 1.82) is 0 Å². The SMILES string of the molecule is CCOC(=O)c1c(C)nc(C)c(C(=O)OCCCBr)c1-c1cccc([N+](=O)[O-])c1. The first-order chi connectivity index (χ1) is 13.8. The van der Waals surface area contributed by atoms with Crippen LogP contribution in [0.15, 0.2) is 24.3 Å². The number of nitro benzene ring substituents is 1. The zero-order chi connectivity index (χ0) is 21.6. The third-order valence-corrected chi connectivity index (χ3v) is 4.66. The molecular weight excluding hydrogens is 444 g/mol. The molecule has 0 atom stereocenters. The predicted octanol–water partition coefficient (Wildman–Crippen LogP) is 4.39. The van der Waals surface area contributed by atoms with Crippen molar-refractivity contribution in [2.45, 2.75) is 27.2 Å². The van der Waals surface area contributed by atoms with E-state index in [9.17, 15) is 19.7 Å². The van der Waals surface area contributed by atoms with E-state index < -0.39 is 16.9 Å². The van der Waals surface area contributed by atoms with Crippen molar-refractivity contribution in [3.63, 3.8) is 0 Å². The number of nitrogens with zero attached hydrogens (tertiary/aromatic N) is 2. The molecule has 154 valence electrons. The summed E-state index contributed by atoms with van der Waals surface area (Å²) >= 11 is 3.27. The molecule has 8 nitrogen and oxygen atoms in total. The first-order valence-electron chi connectivity index (χ1n) is 8.98. The van der Waals surface area contributed by atoms with Gasteiger partial charge < -0.3 is 9.47 Å². The van der Waals surface area contributed by atoms with Gasteiger partial charge in [-0.1, -0.05) is 28.1 Å². The van der Waals surface area contributed by atoms with Crippen LogP contribution in [0, 0.1) is 24.0 Å². The fraction of sp³-hybridized carbons (Fsp3) is 0.350. The van der Waals surface area contributed by atoms with Gasteiger partial charge in [-0.15, -0.1) is 0 Å². The Morgan fingerprint density at radius 3 is 2.31 bits per heavy atom. The van der Waals surface area contributed by atoms with Crippen LogP contribution in [0.3, 0.4) is 0 Å². The Balaban J connectivity index is 2.77. The number of non-ortho nitro benzene ring substituents is 1. The van der Waals surface area contributed by atoms with E-state index in [4.69, 9.17) is 9.47 Å². The van der Waals surface area contributed by atoms with Gasteiger partial charge in [0.05, 0.1) is 40.7 Å². The van der Waals surface area contributed by atoms with Gasteiger partial charge in [-0.3, -0.25) is 15.1 Å². The van der Waals surface area contributed by atoms with Crippen LogP contribution in [0.25, 0.3) is 11.1 Å². The molecule has 0 radical (unpaired) electrons. The summed E-state index contributed by atoms with van der Waals surface area (Å²) in [6.45, 7) is 5.23. The maximum absolute atomic E-state index is 12.8. The lowest BCUT2D eigenvalue weighted by Gasteiger charge is -2.18. The lowest BCUT2D eigenvalue weighted by Crippen LogP contribution is -2.18. The fourth-order valence-electron chi connectivity index (χ4n) is 2.91. The Morgan fingerprint density at radius 1 is 1.14 bits per heavy atom. The highest BCUT2D eigenvalue weighted by molar-refractivity contribution is 9.09. The van der Waals surface area contributed by atoms with Crippen molar-refractivity contribution in [3.05, 3.63) is 56.9 Å². The van der Waals surface area contributed by atoms with Gasteiger partial charge in [0.2, 0.25) is 0 Å². The van der Waals surface area contributed by atoms with E-state index >= 15 is 0 Å². The van der Waals surface area contributed by atoms with Crippen LogP contribution in [-0.2, 0) is 9.47 Å². The summed E-state index contributed by atoms with van der Waals surface area (Å²) in [5.41, 5.74) is 1.30. The van der Waals surface area contributed by atoms with Gasteiger partial charge in [0.1, 0.15) is 0 Å². The Hall–Kier alpha value is -2.81. The second-order valence-electron chi connectivity index (χ2n) is 6.11. The number of carbonyl (C=O) groups excluding carboxylic acids is 2. The number of pyridine rings is 1. The normalized spacial score (nSPS) is 10.5. The maximum atomic E-state index is 12.8. The average Bonchev–Trinajstić information content (AvgIpc) is 2.67. The van der Waals surface area contributed by atoms with Gasteiger partial charge in [-0.25, -0.2) is 9.59 Å². The number of hydrogen-bond acceptors (Lipinski definition) is 7. The van der Waals surface area contributed by atoms with Crippen LogP contribution in [-0.4, -0.2) is 40.4 Å². The Kier molecular flexibility index (Phi) is 7.83. The number of aromatic nitrogens is 1. The lowest BCUT2D eigenvalue weighted by atomic mass is 9.92. The molecule has 0 fully saturated rings. The van der Waals surface area contributed by atoms with Crippen LogP contribution in [0.5, 0.6) is 0 Å². The second kappa shape index (κ2) is 10.1. The van der Waals surface area contributed by atoms with Crippen LogP contribution in [0.2, 0.25) is 0 Å². The Labute approximate surface area is 176 Å². The van der Waals surface area contributed by atoms with Gasteiger partial charge in [0.15, 0.2) is 0 Å². The van der Waals surface area contributed by atoms with E-state index in [-0.39, 0.29) is 35.6 Å². The number of halogens is 1. The molecule has 0 aliphatic rings. The van der Waals surface area contributed by atoms with Crippen molar-refractivity contribution in [3.8, 4) is 11.1 Å². The molecular formula is C20H21BrN2O6. The van der Waals surface area contributed by atoms with Crippen LogP contribution < -0.4 is 0 Å². The number of esters is 2. The summed E-state index contributed by atoms with van der Waals surface area (Å²) in [7, 11) is 0. The number of carbonyl (C=O) groups is 2. The third kappa shape index (κ3) is 5.17. The summed E-state index contributed by atoms with van der Waals surface area (Å²) in [6, 6.07) is 5.74. The highest BCUT2D eigenvalue weighted by Crippen LogP contribution is 2.34. The molecule has 2 rings (SSSR count). The average molecular weight is 465 g/mol. The molecule has 1 heterocycles. The van der Waals surface area contributed by atoms with E-state index in [1.807, 2.05) is 0 Å². The number of hydrogen-bond donors (Lipinski definition) is 0. The zero-order valence-electron chi connectivity index (χ0n) is 16.4. The monoisotopic (exact) mass is 464 g/mol. The topological polar surface area (TPSA) is 109 Å². The molecule has 9 heteroatoms. The van der Waals surface area contributed by atoms with Crippen molar-refractivity contribution in [2.75, 3.05) is 18.5 Å². The standard InChI is InChI=1S/C20H21BrN2O6/c1-4-28-19(24)16-12(2)22-13(3)17(20(25)29-10-6-9-21)18(16)14-7-5-8-15(11-14)23(26)27/h5,7-8,11H,4,6,9-10H2,1-3H3. The quantitative estimate of drug-likeness (QED) is 0.187. The first-order valence-corrected chi connectivity index (χ1v) is 10.1. The molecule has 0 bridgehead atoms. The van der Waals surface area contributed by atoms with Gasteiger partial charge in [0.25, 0.3) is 5.69 Å². The summed E-state index contributed by atoms with van der Waals surface area (Å²) in [5.74, 6) is -1.31. The van der Waals surface area contributed by atoms with E-state index in [1.165, 1.54) is 18.2 Å². The van der Waals surface area contributed by atoms with Gasteiger partial charge >= 0.3 is 11.9 Å². The van der Waals surface area contributed by atoms with E-state index in [1.54, 1.807) is 26.8 Å². The molecule has 0 aliphatic carbocycles. The molecule has 0 amide bonds. The fourth-order valence-corrected chi connectivity index (χ4v) is 3.14. The molecule has 0 saturated heterocycles. The number of nitro groups is 1. The smallest absolute Gasteiger partial charge is 0.340 e. The van der Waals surface area contributed by atoms with Crippen molar-refractivity contribution < 1.29 is 24.0 Å². The Bertz CT molecular complexity index is 945. The molecule has 2 aromatic rings. The first kappa shape index (κ1) is 22.5. The minimum absolute atomic E-state index is 0.0883. The van der Waals surface area contributed by atoms with E-state index in [2.05, 4.69) is 20.9 Å². The van der Waals surface area contributed by atoms with Gasteiger partial charge in [-0.2, -0.15) is 0 Å². The summed E-state index contributed by atoms with van der Waals surface area (Å²) in [6.07, 6.45) is 0.612. The van der Waals surface area contributed by atoms with E-state index in [0.29, 0.717) is 28.7 Å². The highest BCUT2D eigenvalue weighted by Gasteiger charge is 2.28. The minimum Gasteiger partial charge on any atom is -0.462 e. The third-order valence-electron chi connectivity index (χ3n) is 4.10. The molecule has 1 aromatic carbocycles. The molecule has 0 aliphatic heterocycles. The number of benzene rings is 1. The van der Waals surface area contributed by atoms with Crippen molar-refractivity contribution >= 4 is 33.6 Å². The van der Waals surface area contributed by atoms with Crippen LogP contribution in [0.4, 0.5) is 5.69 Å². The predicted molar refractivity (Wildman–Crippen MR) is 110 cm³/mol.